The van der Waals surface area contributed by atoms with E-state index >= 15 is 0 Å². The Balaban J connectivity index is 1.59. The van der Waals surface area contributed by atoms with E-state index in [-0.39, 0.29) is 24.5 Å². The Morgan fingerprint density at radius 1 is 1.03 bits per heavy atom. The lowest BCUT2D eigenvalue weighted by molar-refractivity contribution is -0.139. The van der Waals surface area contributed by atoms with E-state index in [1.165, 1.54) is 0 Å². The lowest BCUT2D eigenvalue weighted by Gasteiger charge is -2.35. The highest BCUT2D eigenvalue weighted by atomic mass is 16.5. The second kappa shape index (κ2) is 9.67. The molecule has 3 atom stereocenters. The van der Waals surface area contributed by atoms with Crippen molar-refractivity contribution in [2.24, 2.45) is 0 Å². The zero-order chi connectivity index (χ0) is 20.8. The highest BCUT2D eigenvalue weighted by Crippen LogP contribution is 2.15. The SMILES string of the molecule is CC1CN(Cc2ccc(C(=O)N[C@H](Cc3ccccc3)C(=O)O)cc2)CC(C)O1. The second-order valence-corrected chi connectivity index (χ2v) is 7.70. The molecule has 1 amide bonds. The summed E-state index contributed by atoms with van der Waals surface area (Å²) in [6, 6.07) is 15.7. The number of hydrogen-bond acceptors (Lipinski definition) is 4. The molecule has 0 spiro atoms. The van der Waals surface area contributed by atoms with Gasteiger partial charge in [0.1, 0.15) is 6.04 Å². The molecule has 2 unspecified atom stereocenters. The Bertz CT molecular complexity index is 813. The van der Waals surface area contributed by atoms with Crippen molar-refractivity contribution >= 4 is 11.9 Å². The van der Waals surface area contributed by atoms with Crippen LogP contribution in [0.15, 0.2) is 54.6 Å². The van der Waals surface area contributed by atoms with E-state index in [1.54, 1.807) is 12.1 Å². The number of benzene rings is 2. The van der Waals surface area contributed by atoms with Gasteiger partial charge in [0.05, 0.1) is 12.2 Å². The Morgan fingerprint density at radius 2 is 1.66 bits per heavy atom. The molecule has 0 saturated carbocycles. The maximum absolute atomic E-state index is 12.5. The summed E-state index contributed by atoms with van der Waals surface area (Å²) in [6.45, 7) is 6.71. The van der Waals surface area contributed by atoms with E-state index in [1.807, 2.05) is 42.5 Å². The molecule has 29 heavy (non-hydrogen) atoms. The molecule has 1 aliphatic rings. The molecule has 0 aliphatic carbocycles. The lowest BCUT2D eigenvalue weighted by Crippen LogP contribution is -2.44. The number of carboxylic acids is 1. The van der Waals surface area contributed by atoms with Crippen molar-refractivity contribution in [3.05, 3.63) is 71.3 Å². The summed E-state index contributed by atoms with van der Waals surface area (Å²) in [5, 5.41) is 12.1. The summed E-state index contributed by atoms with van der Waals surface area (Å²) in [6.07, 6.45) is 0.663. The van der Waals surface area contributed by atoms with E-state index in [0.29, 0.717) is 5.56 Å². The van der Waals surface area contributed by atoms with Gasteiger partial charge in [-0.25, -0.2) is 4.79 Å². The van der Waals surface area contributed by atoms with Crippen LogP contribution < -0.4 is 5.32 Å². The summed E-state index contributed by atoms with van der Waals surface area (Å²) in [7, 11) is 0. The summed E-state index contributed by atoms with van der Waals surface area (Å²) in [4.78, 5) is 26.4. The number of carbonyl (C=O) groups is 2. The fourth-order valence-electron chi connectivity index (χ4n) is 3.72. The maximum Gasteiger partial charge on any atom is 0.326 e. The summed E-state index contributed by atoms with van der Waals surface area (Å²) < 4.78 is 5.76. The van der Waals surface area contributed by atoms with Crippen LogP contribution in [-0.2, 0) is 22.5 Å². The molecular weight excluding hydrogens is 368 g/mol. The van der Waals surface area contributed by atoms with Gasteiger partial charge in [-0.15, -0.1) is 0 Å². The first-order valence-corrected chi connectivity index (χ1v) is 9.95. The summed E-state index contributed by atoms with van der Waals surface area (Å²) in [5.41, 5.74) is 2.43. The van der Waals surface area contributed by atoms with Gasteiger partial charge in [-0.3, -0.25) is 9.69 Å². The van der Waals surface area contributed by atoms with E-state index in [4.69, 9.17) is 4.74 Å². The molecule has 154 valence electrons. The van der Waals surface area contributed by atoms with E-state index in [0.717, 1.165) is 30.8 Å². The van der Waals surface area contributed by atoms with E-state index < -0.39 is 12.0 Å². The van der Waals surface area contributed by atoms with Gasteiger partial charge in [0.15, 0.2) is 0 Å². The van der Waals surface area contributed by atoms with Crippen molar-refractivity contribution in [2.45, 2.75) is 45.1 Å². The van der Waals surface area contributed by atoms with Crippen molar-refractivity contribution in [1.29, 1.82) is 0 Å². The van der Waals surface area contributed by atoms with Crippen LogP contribution >= 0.6 is 0 Å². The van der Waals surface area contributed by atoms with Crippen LogP contribution in [0, 0.1) is 0 Å². The topological polar surface area (TPSA) is 78.9 Å². The minimum absolute atomic E-state index is 0.210. The largest absolute Gasteiger partial charge is 0.480 e. The molecule has 0 bridgehead atoms. The van der Waals surface area contributed by atoms with Crippen LogP contribution in [0.4, 0.5) is 0 Å². The van der Waals surface area contributed by atoms with Gasteiger partial charge in [0, 0.05) is 31.6 Å². The van der Waals surface area contributed by atoms with Crippen molar-refractivity contribution in [3.8, 4) is 0 Å². The quantitative estimate of drug-likeness (QED) is 0.752. The Labute approximate surface area is 171 Å². The average molecular weight is 396 g/mol. The Kier molecular flexibility index (Phi) is 7.01. The highest BCUT2D eigenvalue weighted by Gasteiger charge is 2.23. The van der Waals surface area contributed by atoms with Gasteiger partial charge in [-0.05, 0) is 37.1 Å². The molecule has 1 aliphatic heterocycles. The third-order valence-electron chi connectivity index (χ3n) is 5.00. The number of hydrogen-bond donors (Lipinski definition) is 2. The molecule has 6 nitrogen and oxygen atoms in total. The van der Waals surface area contributed by atoms with Gasteiger partial charge in [-0.1, -0.05) is 42.5 Å². The van der Waals surface area contributed by atoms with Crippen LogP contribution in [0.25, 0.3) is 0 Å². The molecule has 2 N–H and O–H groups in total. The lowest BCUT2D eigenvalue weighted by atomic mass is 10.0. The predicted octanol–water partition coefficient (Wildman–Crippen LogP) is 2.72. The van der Waals surface area contributed by atoms with Crippen molar-refractivity contribution in [1.82, 2.24) is 10.2 Å². The summed E-state index contributed by atoms with van der Waals surface area (Å²) >= 11 is 0. The van der Waals surface area contributed by atoms with Gasteiger partial charge in [0.2, 0.25) is 0 Å². The third-order valence-corrected chi connectivity index (χ3v) is 5.00. The molecule has 6 heteroatoms. The van der Waals surface area contributed by atoms with Gasteiger partial charge >= 0.3 is 5.97 Å². The zero-order valence-electron chi connectivity index (χ0n) is 16.9. The fourth-order valence-corrected chi connectivity index (χ4v) is 3.72. The number of aliphatic carboxylic acids is 1. The number of morpholine rings is 1. The first kappa shape index (κ1) is 21.0. The number of carboxylic acid groups (broad SMARTS) is 1. The fraction of sp³-hybridized carbons (Fsp3) is 0.391. The van der Waals surface area contributed by atoms with Gasteiger partial charge in [0.25, 0.3) is 5.91 Å². The summed E-state index contributed by atoms with van der Waals surface area (Å²) in [5.74, 6) is -1.43. The number of nitrogens with one attached hydrogen (secondary N) is 1. The molecule has 2 aromatic carbocycles. The molecule has 1 heterocycles. The molecule has 0 aromatic heterocycles. The minimum atomic E-state index is -1.05. The normalized spacial score (nSPS) is 20.8. The van der Waals surface area contributed by atoms with Crippen LogP contribution in [0.5, 0.6) is 0 Å². The number of ether oxygens (including phenoxy) is 1. The molecule has 0 radical (unpaired) electrons. The molecule has 3 rings (SSSR count). The van der Waals surface area contributed by atoms with Gasteiger partial charge in [-0.2, -0.15) is 0 Å². The number of rotatable bonds is 7. The zero-order valence-corrected chi connectivity index (χ0v) is 16.9. The number of carbonyl (C=O) groups excluding carboxylic acids is 1. The Morgan fingerprint density at radius 3 is 2.24 bits per heavy atom. The second-order valence-electron chi connectivity index (χ2n) is 7.70. The van der Waals surface area contributed by atoms with E-state index in [2.05, 4.69) is 24.1 Å². The number of nitrogens with zero attached hydrogens (tertiary/aromatic N) is 1. The first-order chi connectivity index (χ1) is 13.9. The standard InChI is InChI=1S/C23H28N2O4/c1-16-13-25(14-17(2)29-16)15-19-8-10-20(11-9-19)22(26)24-21(23(27)28)12-18-6-4-3-5-7-18/h3-11,16-17,21H,12-15H2,1-2H3,(H,24,26)(H,27,28)/t16?,17?,21-/m1/s1. The van der Waals surface area contributed by atoms with Crippen molar-refractivity contribution < 1.29 is 19.4 Å². The molecular formula is C23H28N2O4. The molecule has 1 saturated heterocycles. The first-order valence-electron chi connectivity index (χ1n) is 9.95. The smallest absolute Gasteiger partial charge is 0.326 e. The van der Waals surface area contributed by atoms with Crippen LogP contribution in [0.3, 0.4) is 0 Å². The predicted molar refractivity (Wildman–Crippen MR) is 111 cm³/mol. The van der Waals surface area contributed by atoms with Gasteiger partial charge < -0.3 is 15.2 Å². The van der Waals surface area contributed by atoms with Crippen molar-refractivity contribution in [3.63, 3.8) is 0 Å². The number of amides is 1. The maximum atomic E-state index is 12.5. The average Bonchev–Trinajstić information content (AvgIpc) is 2.68. The minimum Gasteiger partial charge on any atom is -0.480 e. The van der Waals surface area contributed by atoms with Crippen LogP contribution in [-0.4, -0.2) is 53.2 Å². The molecule has 1 fully saturated rings. The Hall–Kier alpha value is -2.70. The van der Waals surface area contributed by atoms with E-state index in [9.17, 15) is 14.7 Å². The van der Waals surface area contributed by atoms with Crippen LogP contribution in [0.1, 0.15) is 35.3 Å². The van der Waals surface area contributed by atoms with Crippen molar-refractivity contribution in [2.75, 3.05) is 13.1 Å². The monoisotopic (exact) mass is 396 g/mol. The third kappa shape index (κ3) is 6.14. The highest BCUT2D eigenvalue weighted by molar-refractivity contribution is 5.96. The van der Waals surface area contributed by atoms with Crippen LogP contribution in [0.2, 0.25) is 0 Å². The molecule has 2 aromatic rings.